The van der Waals surface area contributed by atoms with E-state index < -0.39 is 0 Å². The molecule has 1 nitrogen and oxygen atoms in total. The molecule has 0 aliphatic carbocycles. The summed E-state index contributed by atoms with van der Waals surface area (Å²) in [6.07, 6.45) is 0.875. The van der Waals surface area contributed by atoms with E-state index in [1.807, 2.05) is 6.92 Å². The predicted octanol–water partition coefficient (Wildman–Crippen LogP) is 0.655. The summed E-state index contributed by atoms with van der Waals surface area (Å²) in [4.78, 5) is 0. The third-order valence-corrected chi connectivity index (χ3v) is 0.224. The van der Waals surface area contributed by atoms with Gasteiger partial charge in [0.2, 0.25) is 0 Å². The van der Waals surface area contributed by atoms with Gasteiger partial charge in [0.1, 0.15) is 0 Å². The van der Waals surface area contributed by atoms with Crippen LogP contribution in [0.5, 0.6) is 0 Å². The van der Waals surface area contributed by atoms with Crippen LogP contribution in [0.25, 0.3) is 0 Å². The van der Waals surface area contributed by atoms with Crippen molar-refractivity contribution in [1.82, 2.24) is 0 Å². The Bertz CT molecular complexity index is 19.2. The Hall–Kier alpha value is 1.02. The number of hydrogen-bond acceptors (Lipinski definition) is 1. The number of aliphatic hydroxyl groups excluding tert-OH is 1. The molecule has 0 saturated carbocycles. The van der Waals surface area contributed by atoms with Crippen LogP contribution in [0.3, 0.4) is 0 Å². The second kappa shape index (κ2) is 16.6. The van der Waals surface area contributed by atoms with Crippen molar-refractivity contribution < 1.29 is 7.96 Å². The molecule has 0 heterocycles. The van der Waals surface area contributed by atoms with Gasteiger partial charge in [-0.3, -0.25) is 0 Å². The van der Waals surface area contributed by atoms with Crippen LogP contribution in [-0.2, 0) is 0 Å². The van der Waals surface area contributed by atoms with Crippen molar-refractivity contribution in [3.05, 3.63) is 0 Å². The van der Waals surface area contributed by atoms with Gasteiger partial charge >= 0.3 is 23.1 Å². The van der Waals surface area contributed by atoms with E-state index in [1.165, 1.54) is 0 Å². The van der Waals surface area contributed by atoms with Crippen LogP contribution in [-0.4, -0.2) is 34.8 Å². The minimum absolute atomic E-state index is 0. The minimum atomic E-state index is 0. The number of aliphatic hydroxyl groups is 1. The van der Waals surface area contributed by atoms with Crippen molar-refractivity contribution in [1.29, 1.82) is 0 Å². The van der Waals surface area contributed by atoms with Gasteiger partial charge in [-0.05, 0) is 6.42 Å². The van der Waals surface area contributed by atoms with E-state index in [-0.39, 0.29) is 38.3 Å². The molecule has 0 saturated heterocycles. The van der Waals surface area contributed by atoms with E-state index >= 15 is 0 Å². The van der Waals surface area contributed by atoms with Gasteiger partial charge in [0.05, 0.1) is 0 Å². The third-order valence-electron chi connectivity index (χ3n) is 0.224. The smallest absolute Gasteiger partial charge is 1.00 e. The molecule has 0 radical (unpaired) electrons. The molecule has 6 heavy (non-hydrogen) atoms. The van der Waals surface area contributed by atoms with Gasteiger partial charge < -0.3 is 7.96 Å². The predicted molar refractivity (Wildman–Crippen MR) is 32.6 cm³/mol. The van der Waals surface area contributed by atoms with Crippen LogP contribution < -0.4 is 0 Å². The van der Waals surface area contributed by atoms with Crippen LogP contribution in [0, 0.1) is 0 Å². The van der Waals surface area contributed by atoms with E-state index in [1.54, 1.807) is 0 Å². The first kappa shape index (κ1) is 15.7. The first-order valence-electron chi connectivity index (χ1n) is 1.52. The second-order valence-corrected chi connectivity index (χ2v) is 0.724. The Labute approximate surface area is 63.7 Å². The van der Waals surface area contributed by atoms with Crippen LogP contribution in [0.1, 0.15) is 16.2 Å². The molecule has 1 N–H and O–H groups in total. The van der Waals surface area contributed by atoms with Gasteiger partial charge in [-0.25, -0.2) is 0 Å². The Morgan fingerprint density at radius 1 is 1.67 bits per heavy atom. The largest absolute Gasteiger partial charge is 2.00 e. The fourth-order valence-corrected chi connectivity index (χ4v) is 0. The number of rotatable bonds is 1. The summed E-state index contributed by atoms with van der Waals surface area (Å²) in [7, 11) is 0. The molecule has 0 fully saturated rings. The molecule has 0 amide bonds. The summed E-state index contributed by atoms with van der Waals surface area (Å²) >= 11 is 0. The molecule has 3 heteroatoms. The molecule has 0 rings (SSSR count). The van der Waals surface area contributed by atoms with Crippen molar-refractivity contribution in [2.45, 2.75) is 13.3 Å². The molecular weight excluding hydrogens is 112 g/mol. The van der Waals surface area contributed by atoms with E-state index in [0.29, 0.717) is 6.61 Å². The van der Waals surface area contributed by atoms with Crippen LogP contribution in [0.2, 0.25) is 0 Å². The minimum Gasteiger partial charge on any atom is -1.00 e. The van der Waals surface area contributed by atoms with Gasteiger partial charge in [-0.2, -0.15) is 0 Å². The molecule has 0 aromatic heterocycles. The van der Waals surface area contributed by atoms with Gasteiger partial charge in [0, 0.05) is 6.61 Å². The van der Waals surface area contributed by atoms with Crippen molar-refractivity contribution in [2.75, 3.05) is 6.61 Å². The number of halogens is 1. The molecular formula is C3H11ClMgO. The fraction of sp³-hybridized carbons (Fsp3) is 1.00. The molecule has 0 aromatic rings. The first-order valence-corrected chi connectivity index (χ1v) is 1.52. The standard InChI is InChI=1S/C3H8O.ClH.Mg.2H/c1-2-3-4;;;;/h4H,2-3H2,1H3;1H;;;/q;;+2;2*-1. The van der Waals surface area contributed by atoms with Crippen molar-refractivity contribution in [2.24, 2.45) is 0 Å². The van der Waals surface area contributed by atoms with E-state index in [2.05, 4.69) is 0 Å². The molecule has 0 aliphatic rings. The van der Waals surface area contributed by atoms with Crippen LogP contribution in [0.4, 0.5) is 0 Å². The monoisotopic (exact) mass is 122 g/mol. The van der Waals surface area contributed by atoms with Gasteiger partial charge in [-0.1, -0.05) is 6.92 Å². The zero-order valence-corrected chi connectivity index (χ0v) is 6.21. The summed E-state index contributed by atoms with van der Waals surface area (Å²) < 4.78 is 0. The van der Waals surface area contributed by atoms with E-state index in [0.717, 1.165) is 6.42 Å². The maximum Gasteiger partial charge on any atom is 2.00 e. The topological polar surface area (TPSA) is 20.2 Å². The average Bonchev–Trinajstić information content (AvgIpc) is 1.37. The quantitative estimate of drug-likeness (QED) is 0.507. The van der Waals surface area contributed by atoms with Crippen molar-refractivity contribution >= 4 is 35.5 Å². The average molecular weight is 123 g/mol. The summed E-state index contributed by atoms with van der Waals surface area (Å²) in [5, 5.41) is 7.88. The number of hydrogen-bond donors (Lipinski definition) is 1. The summed E-state index contributed by atoms with van der Waals surface area (Å²) in [6, 6.07) is 0. The van der Waals surface area contributed by atoms with E-state index in [4.69, 9.17) is 5.11 Å². The second-order valence-electron chi connectivity index (χ2n) is 0.724. The first-order chi connectivity index (χ1) is 1.91. The van der Waals surface area contributed by atoms with Gasteiger partial charge in [-0.15, -0.1) is 12.4 Å². The SMILES string of the molecule is CCCO.Cl.[H-].[H-].[Mg+2]. The maximum absolute atomic E-state index is 7.88. The van der Waals surface area contributed by atoms with Gasteiger partial charge in [0.15, 0.2) is 0 Å². The van der Waals surface area contributed by atoms with Crippen molar-refractivity contribution in [3.63, 3.8) is 0 Å². The molecule has 0 atom stereocenters. The summed E-state index contributed by atoms with van der Waals surface area (Å²) in [5.41, 5.74) is 0. The normalized spacial score (nSPS) is 5.00. The molecule has 0 spiro atoms. The zero-order chi connectivity index (χ0) is 3.41. The zero-order valence-electron chi connectivity index (χ0n) is 5.98. The Balaban J connectivity index is -0.00000000750. The Morgan fingerprint density at radius 3 is 1.83 bits per heavy atom. The molecule has 38 valence electrons. The Morgan fingerprint density at radius 2 is 1.83 bits per heavy atom. The third kappa shape index (κ3) is 19.9. The van der Waals surface area contributed by atoms with E-state index in [9.17, 15) is 0 Å². The van der Waals surface area contributed by atoms with Crippen LogP contribution >= 0.6 is 12.4 Å². The van der Waals surface area contributed by atoms with Gasteiger partial charge in [0.25, 0.3) is 0 Å². The molecule has 0 aromatic carbocycles. The Kier molecular flexibility index (Phi) is 43.7. The van der Waals surface area contributed by atoms with Crippen molar-refractivity contribution in [3.8, 4) is 0 Å². The summed E-state index contributed by atoms with van der Waals surface area (Å²) in [5.74, 6) is 0. The summed E-state index contributed by atoms with van der Waals surface area (Å²) in [6.45, 7) is 2.25. The maximum atomic E-state index is 7.88. The fourth-order valence-electron chi connectivity index (χ4n) is 0. The molecule has 0 unspecified atom stereocenters. The molecule has 0 bridgehead atoms. The van der Waals surface area contributed by atoms with Crippen LogP contribution in [0.15, 0.2) is 0 Å². The molecule has 0 aliphatic heterocycles.